The van der Waals surface area contributed by atoms with Crippen molar-refractivity contribution in [1.29, 1.82) is 0 Å². The third-order valence-electron chi connectivity index (χ3n) is 4.30. The molecule has 0 radical (unpaired) electrons. The van der Waals surface area contributed by atoms with E-state index in [0.29, 0.717) is 43.6 Å². The predicted molar refractivity (Wildman–Crippen MR) is 67.5 cm³/mol. The number of hydrogen-bond acceptors (Lipinski definition) is 4. The molecule has 104 valence electrons. The number of fused-ring (bicyclic) bond motifs is 1. The molecule has 4 atom stereocenters. The van der Waals surface area contributed by atoms with Gasteiger partial charge in [0, 0.05) is 25.0 Å². The van der Waals surface area contributed by atoms with Crippen LogP contribution in [-0.2, 0) is 0 Å². The minimum atomic E-state index is -0.651. The van der Waals surface area contributed by atoms with Gasteiger partial charge < -0.3 is 20.1 Å². The van der Waals surface area contributed by atoms with Gasteiger partial charge in [-0.1, -0.05) is 0 Å². The van der Waals surface area contributed by atoms with Crippen molar-refractivity contribution in [2.24, 2.45) is 11.8 Å². The van der Waals surface area contributed by atoms with Gasteiger partial charge in [0.15, 0.2) is 5.82 Å². The van der Waals surface area contributed by atoms with Crippen molar-refractivity contribution < 1.29 is 15.0 Å². The molecular formula is C13H19N3O3. The number of amides is 1. The maximum atomic E-state index is 12.3. The molecule has 6 heteroatoms. The van der Waals surface area contributed by atoms with Crippen LogP contribution in [0, 0.1) is 18.8 Å². The minimum absolute atomic E-state index is 0.0912. The van der Waals surface area contributed by atoms with E-state index in [-0.39, 0.29) is 5.91 Å². The van der Waals surface area contributed by atoms with Crippen molar-refractivity contribution >= 4 is 5.91 Å². The Morgan fingerprint density at radius 1 is 1.32 bits per heavy atom. The Balaban J connectivity index is 1.70. The lowest BCUT2D eigenvalue weighted by atomic mass is 9.79. The minimum Gasteiger partial charge on any atom is -0.390 e. The molecule has 0 spiro atoms. The number of imidazole rings is 1. The number of likely N-dealkylation sites (tertiary alicyclic amines) is 1. The van der Waals surface area contributed by atoms with E-state index in [1.54, 1.807) is 11.1 Å². The van der Waals surface area contributed by atoms with Crippen molar-refractivity contribution in [3.63, 3.8) is 0 Å². The van der Waals surface area contributed by atoms with Gasteiger partial charge in [-0.15, -0.1) is 0 Å². The Labute approximate surface area is 111 Å². The SMILES string of the molecule is Cc1cnc(C(=O)N2C[C@H]3C[C@H](O)[C@@H](O)C[C@H]3C2)[nH]1. The summed E-state index contributed by atoms with van der Waals surface area (Å²) in [5.74, 6) is 0.862. The molecule has 1 amide bonds. The van der Waals surface area contributed by atoms with Gasteiger partial charge in [0.2, 0.25) is 0 Å². The molecule has 1 saturated carbocycles. The molecule has 1 aliphatic heterocycles. The Bertz CT molecular complexity index is 469. The summed E-state index contributed by atoms with van der Waals surface area (Å²) < 4.78 is 0. The van der Waals surface area contributed by atoms with E-state index in [4.69, 9.17) is 0 Å². The topological polar surface area (TPSA) is 89.5 Å². The fourth-order valence-corrected chi connectivity index (χ4v) is 3.24. The quantitative estimate of drug-likeness (QED) is 0.662. The van der Waals surface area contributed by atoms with E-state index in [9.17, 15) is 15.0 Å². The number of aromatic amines is 1. The summed E-state index contributed by atoms with van der Waals surface area (Å²) >= 11 is 0. The number of aromatic nitrogens is 2. The first-order valence-corrected chi connectivity index (χ1v) is 6.71. The van der Waals surface area contributed by atoms with Crippen molar-refractivity contribution in [2.75, 3.05) is 13.1 Å². The predicted octanol–water partition coefficient (Wildman–Crippen LogP) is -0.0781. The molecule has 1 aliphatic carbocycles. The van der Waals surface area contributed by atoms with Gasteiger partial charge in [-0.3, -0.25) is 4.79 Å². The van der Waals surface area contributed by atoms with E-state index >= 15 is 0 Å². The lowest BCUT2D eigenvalue weighted by molar-refractivity contribution is -0.0372. The van der Waals surface area contributed by atoms with E-state index in [1.165, 1.54) is 0 Å². The molecule has 0 aromatic carbocycles. The molecule has 0 bridgehead atoms. The molecule has 1 aromatic rings. The van der Waals surface area contributed by atoms with Crippen LogP contribution in [0.3, 0.4) is 0 Å². The highest BCUT2D eigenvalue weighted by Gasteiger charge is 2.42. The van der Waals surface area contributed by atoms with Crippen LogP contribution in [0.5, 0.6) is 0 Å². The molecule has 2 heterocycles. The zero-order valence-corrected chi connectivity index (χ0v) is 10.9. The van der Waals surface area contributed by atoms with E-state index in [2.05, 4.69) is 9.97 Å². The number of rotatable bonds is 1. The van der Waals surface area contributed by atoms with Gasteiger partial charge >= 0.3 is 0 Å². The molecular weight excluding hydrogens is 246 g/mol. The van der Waals surface area contributed by atoms with Crippen molar-refractivity contribution in [1.82, 2.24) is 14.9 Å². The molecule has 2 fully saturated rings. The van der Waals surface area contributed by atoms with E-state index < -0.39 is 12.2 Å². The fraction of sp³-hybridized carbons (Fsp3) is 0.692. The smallest absolute Gasteiger partial charge is 0.289 e. The van der Waals surface area contributed by atoms with Gasteiger partial charge in [-0.2, -0.15) is 0 Å². The molecule has 0 unspecified atom stereocenters. The fourth-order valence-electron chi connectivity index (χ4n) is 3.24. The molecule has 3 rings (SSSR count). The molecule has 1 aromatic heterocycles. The second-order valence-electron chi connectivity index (χ2n) is 5.75. The van der Waals surface area contributed by atoms with Gasteiger partial charge in [0.1, 0.15) is 0 Å². The number of nitrogens with zero attached hydrogens (tertiary/aromatic N) is 2. The van der Waals surface area contributed by atoms with Crippen LogP contribution >= 0.6 is 0 Å². The maximum Gasteiger partial charge on any atom is 0.289 e. The van der Waals surface area contributed by atoms with Crippen LogP contribution in [0.25, 0.3) is 0 Å². The summed E-state index contributed by atoms with van der Waals surface area (Å²) in [7, 11) is 0. The number of H-pyrrole nitrogens is 1. The second-order valence-corrected chi connectivity index (χ2v) is 5.75. The van der Waals surface area contributed by atoms with Crippen LogP contribution in [0.4, 0.5) is 0 Å². The highest BCUT2D eigenvalue weighted by Crippen LogP contribution is 2.36. The van der Waals surface area contributed by atoms with Crippen molar-refractivity contribution in [3.05, 3.63) is 17.7 Å². The molecule has 1 saturated heterocycles. The van der Waals surface area contributed by atoms with Crippen molar-refractivity contribution in [2.45, 2.75) is 32.0 Å². The molecule has 3 N–H and O–H groups in total. The van der Waals surface area contributed by atoms with E-state index in [0.717, 1.165) is 5.69 Å². The van der Waals surface area contributed by atoms with E-state index in [1.807, 2.05) is 6.92 Å². The number of carbonyl (C=O) groups excluding carboxylic acids is 1. The summed E-state index contributed by atoms with van der Waals surface area (Å²) in [4.78, 5) is 21.1. The highest BCUT2D eigenvalue weighted by molar-refractivity contribution is 5.90. The Hall–Kier alpha value is -1.40. The lowest BCUT2D eigenvalue weighted by Gasteiger charge is -2.31. The average molecular weight is 265 g/mol. The molecule has 19 heavy (non-hydrogen) atoms. The third kappa shape index (κ3) is 2.26. The highest BCUT2D eigenvalue weighted by atomic mass is 16.3. The number of aliphatic hydroxyl groups excluding tert-OH is 2. The number of carbonyl (C=O) groups is 1. The first-order valence-electron chi connectivity index (χ1n) is 6.71. The van der Waals surface area contributed by atoms with Gasteiger partial charge in [-0.25, -0.2) is 4.98 Å². The molecule has 2 aliphatic rings. The van der Waals surface area contributed by atoms with Gasteiger partial charge in [-0.05, 0) is 31.6 Å². The standard InChI is InChI=1S/C13H19N3O3/c1-7-4-14-12(15-7)13(19)16-5-8-2-10(17)11(18)3-9(8)6-16/h4,8-11,17-18H,2-3,5-6H2,1H3,(H,14,15)/t8-,9+,10-,11-/m0/s1. The lowest BCUT2D eigenvalue weighted by Crippen LogP contribution is -2.38. The summed E-state index contributed by atoms with van der Waals surface area (Å²) in [5, 5.41) is 19.4. The first kappa shape index (κ1) is 12.6. The van der Waals surface area contributed by atoms with Crippen molar-refractivity contribution in [3.8, 4) is 0 Å². The van der Waals surface area contributed by atoms with Crippen LogP contribution in [0.2, 0.25) is 0 Å². The first-order chi connectivity index (χ1) is 9.04. The number of nitrogens with one attached hydrogen (secondary N) is 1. The zero-order valence-electron chi connectivity index (χ0n) is 10.9. The van der Waals surface area contributed by atoms with Crippen LogP contribution < -0.4 is 0 Å². The Morgan fingerprint density at radius 3 is 2.37 bits per heavy atom. The summed E-state index contributed by atoms with van der Waals surface area (Å²) in [6.45, 7) is 3.15. The Morgan fingerprint density at radius 2 is 1.89 bits per heavy atom. The zero-order chi connectivity index (χ0) is 13.6. The monoisotopic (exact) mass is 265 g/mol. The molecule has 6 nitrogen and oxygen atoms in total. The van der Waals surface area contributed by atoms with Gasteiger partial charge in [0.05, 0.1) is 12.2 Å². The summed E-state index contributed by atoms with van der Waals surface area (Å²) in [6.07, 6.45) is 1.49. The number of aryl methyl sites for hydroxylation is 1. The van der Waals surface area contributed by atoms with Crippen LogP contribution in [0.15, 0.2) is 6.20 Å². The van der Waals surface area contributed by atoms with Gasteiger partial charge in [0.25, 0.3) is 5.91 Å². The second kappa shape index (κ2) is 4.61. The Kier molecular flexibility index (Phi) is 3.06. The summed E-state index contributed by atoms with van der Waals surface area (Å²) in [5.41, 5.74) is 0.866. The number of hydrogen-bond donors (Lipinski definition) is 3. The normalized spacial score (nSPS) is 34.4. The maximum absolute atomic E-state index is 12.3. The number of aliphatic hydroxyl groups is 2. The van der Waals surface area contributed by atoms with Crippen LogP contribution in [-0.4, -0.2) is 56.3 Å². The average Bonchev–Trinajstić information content (AvgIpc) is 2.95. The van der Waals surface area contributed by atoms with Crippen LogP contribution in [0.1, 0.15) is 29.2 Å². The third-order valence-corrected chi connectivity index (χ3v) is 4.30. The largest absolute Gasteiger partial charge is 0.390 e. The summed E-state index contributed by atoms with van der Waals surface area (Å²) in [6, 6.07) is 0.